The van der Waals surface area contributed by atoms with Crippen molar-refractivity contribution in [2.24, 2.45) is 0 Å². The van der Waals surface area contributed by atoms with Crippen LogP contribution in [0.5, 0.6) is 0 Å². The molecule has 1 N–H and O–H groups in total. The molecule has 0 aliphatic carbocycles. The molecule has 3 heterocycles. The van der Waals surface area contributed by atoms with Crippen LogP contribution in [0.3, 0.4) is 0 Å². The van der Waals surface area contributed by atoms with E-state index in [1.165, 1.54) is 10.8 Å². The molecule has 2 aromatic heterocycles. The first-order chi connectivity index (χ1) is 13.6. The van der Waals surface area contributed by atoms with Crippen molar-refractivity contribution in [1.29, 1.82) is 0 Å². The van der Waals surface area contributed by atoms with Gasteiger partial charge in [-0.05, 0) is 36.8 Å². The number of halogens is 4. The second kappa shape index (κ2) is 7.11. The Kier molecular flexibility index (Phi) is 4.87. The fourth-order valence-electron chi connectivity index (χ4n) is 3.13. The average Bonchev–Trinajstić information content (AvgIpc) is 3.29. The summed E-state index contributed by atoms with van der Waals surface area (Å²) in [6.45, 7) is 0.849. The predicted molar refractivity (Wildman–Crippen MR) is 98.2 cm³/mol. The Bertz CT molecular complexity index is 1170. The Morgan fingerprint density at radius 1 is 1.21 bits per heavy atom. The molecule has 1 atom stereocenters. The lowest BCUT2D eigenvalue weighted by Crippen LogP contribution is -2.37. The van der Waals surface area contributed by atoms with Gasteiger partial charge in [-0.15, -0.1) is 15.3 Å². The summed E-state index contributed by atoms with van der Waals surface area (Å²) >= 11 is 5.56. The molecule has 8 nitrogen and oxygen atoms in total. The molecule has 1 aliphatic heterocycles. The maximum absolute atomic E-state index is 13.0. The van der Waals surface area contributed by atoms with Crippen molar-refractivity contribution < 1.29 is 21.6 Å². The molecule has 154 valence electrons. The summed E-state index contributed by atoms with van der Waals surface area (Å²) in [5.41, 5.74) is -0.616. The van der Waals surface area contributed by atoms with Crippen LogP contribution in [0.25, 0.3) is 5.65 Å². The van der Waals surface area contributed by atoms with E-state index in [-0.39, 0.29) is 0 Å². The van der Waals surface area contributed by atoms with Crippen LogP contribution in [-0.2, 0) is 16.2 Å². The number of hydrogen-bond acceptors (Lipinski definition) is 6. The molecule has 0 amide bonds. The molecule has 0 unspecified atom stereocenters. The van der Waals surface area contributed by atoms with Gasteiger partial charge in [0.1, 0.15) is 12.1 Å². The molecule has 0 saturated carbocycles. The largest absolute Gasteiger partial charge is 0.417 e. The molecule has 0 spiro atoms. The lowest BCUT2D eigenvalue weighted by atomic mass is 10.2. The number of sulfonamides is 1. The van der Waals surface area contributed by atoms with Crippen molar-refractivity contribution in [2.75, 3.05) is 18.0 Å². The Morgan fingerprint density at radius 2 is 2.00 bits per heavy atom. The van der Waals surface area contributed by atoms with E-state index in [2.05, 4.69) is 20.0 Å². The van der Waals surface area contributed by atoms with Gasteiger partial charge < -0.3 is 4.90 Å². The van der Waals surface area contributed by atoms with E-state index < -0.39 is 37.7 Å². The van der Waals surface area contributed by atoms with Crippen LogP contribution in [0.1, 0.15) is 12.0 Å². The number of benzene rings is 1. The zero-order valence-electron chi connectivity index (χ0n) is 14.6. The van der Waals surface area contributed by atoms with Gasteiger partial charge in [0.15, 0.2) is 5.65 Å². The number of anilines is 1. The number of alkyl halides is 3. The van der Waals surface area contributed by atoms with Crippen molar-refractivity contribution in [2.45, 2.75) is 23.5 Å². The lowest BCUT2D eigenvalue weighted by molar-refractivity contribution is -0.137. The number of nitrogens with zero attached hydrogens (tertiary/aromatic N) is 5. The first kappa shape index (κ1) is 19.9. The van der Waals surface area contributed by atoms with Crippen LogP contribution >= 0.6 is 11.6 Å². The fraction of sp³-hybridized carbons (Fsp3) is 0.312. The second-order valence-electron chi connectivity index (χ2n) is 6.52. The normalized spacial score (nSPS) is 17.9. The van der Waals surface area contributed by atoms with E-state index in [1.807, 2.05) is 4.90 Å². The van der Waals surface area contributed by atoms with Gasteiger partial charge in [-0.25, -0.2) is 13.1 Å². The second-order valence-corrected chi connectivity index (χ2v) is 8.64. The number of hydrogen-bond donors (Lipinski definition) is 1. The standard InChI is InChI=1S/C16H14ClF3N6O2S/c17-13-2-1-11(7-12(13)16(18,19)20)29(27,28)24-10-5-6-25(8-10)15-4-3-14-22-21-9-26(14)23-15/h1-4,7,9-10,24H,5-6,8H2/t10-/m1/s1. The Hall–Kier alpha value is -2.44. The minimum absolute atomic E-state index is 0.319. The van der Waals surface area contributed by atoms with E-state index in [4.69, 9.17) is 11.6 Å². The highest BCUT2D eigenvalue weighted by Crippen LogP contribution is 2.36. The molecule has 1 aliphatic rings. The summed E-state index contributed by atoms with van der Waals surface area (Å²) in [4.78, 5) is 1.38. The van der Waals surface area contributed by atoms with E-state index in [1.54, 1.807) is 12.1 Å². The Morgan fingerprint density at radius 3 is 2.76 bits per heavy atom. The van der Waals surface area contributed by atoms with Crippen LogP contribution in [0.2, 0.25) is 5.02 Å². The van der Waals surface area contributed by atoms with Crippen molar-refractivity contribution in [3.63, 3.8) is 0 Å². The predicted octanol–water partition coefficient (Wildman–Crippen LogP) is 2.35. The third-order valence-corrected chi connectivity index (χ3v) is 6.38. The van der Waals surface area contributed by atoms with E-state index in [0.717, 1.165) is 12.1 Å². The highest BCUT2D eigenvalue weighted by molar-refractivity contribution is 7.89. The quantitative estimate of drug-likeness (QED) is 0.661. The highest BCUT2D eigenvalue weighted by Gasteiger charge is 2.35. The fourth-order valence-corrected chi connectivity index (χ4v) is 4.64. The van der Waals surface area contributed by atoms with Gasteiger partial charge in [-0.3, -0.25) is 0 Å². The molecule has 0 bridgehead atoms. The molecule has 1 aromatic carbocycles. The third-order valence-electron chi connectivity index (χ3n) is 4.54. The minimum Gasteiger partial charge on any atom is -0.354 e. The highest BCUT2D eigenvalue weighted by atomic mass is 35.5. The monoisotopic (exact) mass is 446 g/mol. The van der Waals surface area contributed by atoms with E-state index in [0.29, 0.717) is 37.0 Å². The molecule has 13 heteroatoms. The zero-order valence-corrected chi connectivity index (χ0v) is 16.2. The molecule has 4 rings (SSSR count). The number of aromatic nitrogens is 4. The van der Waals surface area contributed by atoms with Crippen molar-refractivity contribution >= 4 is 33.1 Å². The van der Waals surface area contributed by atoms with Gasteiger partial charge in [-0.2, -0.15) is 17.7 Å². The minimum atomic E-state index is -4.75. The third kappa shape index (κ3) is 4.00. The first-order valence-electron chi connectivity index (χ1n) is 8.44. The molecular formula is C16H14ClF3N6O2S. The molecule has 1 fully saturated rings. The molecule has 29 heavy (non-hydrogen) atoms. The summed E-state index contributed by atoms with van der Waals surface area (Å²) in [6, 6.07) is 5.52. The number of nitrogens with one attached hydrogen (secondary N) is 1. The van der Waals surface area contributed by atoms with Gasteiger partial charge in [0.05, 0.1) is 15.5 Å². The van der Waals surface area contributed by atoms with Gasteiger partial charge in [0, 0.05) is 19.1 Å². The smallest absolute Gasteiger partial charge is 0.354 e. The Balaban J connectivity index is 1.50. The van der Waals surface area contributed by atoms with Gasteiger partial charge in [0.2, 0.25) is 10.0 Å². The van der Waals surface area contributed by atoms with Crippen molar-refractivity contribution in [3.8, 4) is 0 Å². The first-order valence-corrected chi connectivity index (χ1v) is 10.3. The van der Waals surface area contributed by atoms with E-state index >= 15 is 0 Å². The summed E-state index contributed by atoms with van der Waals surface area (Å²) in [7, 11) is -4.16. The summed E-state index contributed by atoms with van der Waals surface area (Å²) in [5, 5.41) is 11.4. The number of fused-ring (bicyclic) bond motifs is 1. The zero-order chi connectivity index (χ0) is 20.8. The SMILES string of the molecule is O=S(=O)(N[C@@H]1CCN(c2ccc3nncn3n2)C1)c1ccc(Cl)c(C(F)(F)F)c1. The summed E-state index contributed by atoms with van der Waals surface area (Å²) in [6.07, 6.45) is -2.83. The molecular weight excluding hydrogens is 433 g/mol. The van der Waals surface area contributed by atoms with Crippen LogP contribution < -0.4 is 9.62 Å². The molecule has 3 aromatic rings. The van der Waals surface area contributed by atoms with Crippen molar-refractivity contribution in [1.82, 2.24) is 24.5 Å². The molecule has 1 saturated heterocycles. The van der Waals surface area contributed by atoms with Crippen molar-refractivity contribution in [3.05, 3.63) is 47.2 Å². The van der Waals surface area contributed by atoms with Gasteiger partial charge in [0.25, 0.3) is 0 Å². The van der Waals surface area contributed by atoms with Crippen LogP contribution in [0, 0.1) is 0 Å². The van der Waals surface area contributed by atoms with Gasteiger partial charge in [-0.1, -0.05) is 11.6 Å². The van der Waals surface area contributed by atoms with Crippen LogP contribution in [0.4, 0.5) is 19.0 Å². The summed E-state index contributed by atoms with van der Waals surface area (Å²) in [5.74, 6) is 0.616. The van der Waals surface area contributed by atoms with Crippen LogP contribution in [-0.4, -0.2) is 47.4 Å². The lowest BCUT2D eigenvalue weighted by Gasteiger charge is -2.18. The van der Waals surface area contributed by atoms with Crippen LogP contribution in [0.15, 0.2) is 41.6 Å². The maximum atomic E-state index is 13.0. The Labute approximate surface area is 168 Å². The van der Waals surface area contributed by atoms with Gasteiger partial charge >= 0.3 is 6.18 Å². The summed E-state index contributed by atoms with van der Waals surface area (Å²) < 4.78 is 68.2. The van der Waals surface area contributed by atoms with E-state index in [9.17, 15) is 21.6 Å². The average molecular weight is 447 g/mol. The maximum Gasteiger partial charge on any atom is 0.417 e. The molecule has 0 radical (unpaired) electrons. The topological polar surface area (TPSA) is 92.5 Å². The number of rotatable bonds is 4.